The summed E-state index contributed by atoms with van der Waals surface area (Å²) in [4.78, 5) is 16.1. The number of ketones is 1. The molecule has 0 spiro atoms. The second-order valence-electron chi connectivity index (χ2n) is 4.44. The van der Waals surface area contributed by atoms with E-state index in [0.29, 0.717) is 10.7 Å². The highest BCUT2D eigenvalue weighted by Gasteiger charge is 2.16. The number of aromatic nitrogens is 3. The first-order valence-electron chi connectivity index (χ1n) is 5.94. The number of hydrogen-bond acceptors (Lipinski definition) is 3. The Balaban J connectivity index is 2.43. The first-order valence-corrected chi connectivity index (χ1v) is 6.32. The third-order valence-electron chi connectivity index (χ3n) is 2.62. The smallest absolute Gasteiger partial charge is 0.183 e. The molecule has 5 heteroatoms. The van der Waals surface area contributed by atoms with Crippen molar-refractivity contribution in [1.82, 2.24) is 14.8 Å². The number of rotatable bonds is 4. The van der Waals surface area contributed by atoms with Crippen LogP contribution in [0.25, 0.3) is 11.8 Å². The van der Waals surface area contributed by atoms with Gasteiger partial charge in [-0.1, -0.05) is 37.6 Å². The zero-order valence-corrected chi connectivity index (χ0v) is 11.5. The fraction of sp³-hybridized carbons (Fsp3) is 0.214. The van der Waals surface area contributed by atoms with Crippen molar-refractivity contribution in [2.75, 3.05) is 0 Å². The number of carbonyl (C=O) groups excluding carboxylic acids is 1. The van der Waals surface area contributed by atoms with E-state index in [2.05, 4.69) is 10.1 Å². The van der Waals surface area contributed by atoms with Gasteiger partial charge in [-0.2, -0.15) is 5.10 Å². The van der Waals surface area contributed by atoms with Gasteiger partial charge in [0.25, 0.3) is 0 Å². The highest BCUT2D eigenvalue weighted by atomic mass is 35.5. The number of allylic oxidation sites excluding steroid dienone is 1. The summed E-state index contributed by atoms with van der Waals surface area (Å²) in [5, 5.41) is 4.69. The Kier molecular flexibility index (Phi) is 4.12. The van der Waals surface area contributed by atoms with Gasteiger partial charge in [-0.25, -0.2) is 9.67 Å². The predicted octanol–water partition coefficient (Wildman–Crippen LogP) is 3.15. The maximum absolute atomic E-state index is 12.2. The number of carbonyl (C=O) groups is 1. The Morgan fingerprint density at radius 1 is 1.32 bits per heavy atom. The van der Waals surface area contributed by atoms with Gasteiger partial charge in [0.05, 0.1) is 0 Å². The lowest BCUT2D eigenvalue weighted by molar-refractivity contribution is -0.116. The summed E-state index contributed by atoms with van der Waals surface area (Å²) in [5.74, 6) is -0.0943. The summed E-state index contributed by atoms with van der Waals surface area (Å²) in [6.07, 6.45) is 4.71. The van der Waals surface area contributed by atoms with Crippen molar-refractivity contribution < 1.29 is 4.79 Å². The van der Waals surface area contributed by atoms with Crippen molar-refractivity contribution in [2.24, 2.45) is 5.92 Å². The van der Waals surface area contributed by atoms with Crippen molar-refractivity contribution in [3.8, 4) is 0 Å². The molecule has 1 aromatic carbocycles. The number of nitrogens with zero attached hydrogens (tertiary/aromatic N) is 3. The summed E-state index contributed by atoms with van der Waals surface area (Å²) in [6.45, 7) is 3.71. The van der Waals surface area contributed by atoms with Gasteiger partial charge in [0.15, 0.2) is 5.78 Å². The Hall–Kier alpha value is -1.94. The summed E-state index contributed by atoms with van der Waals surface area (Å²) in [7, 11) is 0. The largest absolute Gasteiger partial charge is 0.292 e. The molecule has 1 aromatic heterocycles. The van der Waals surface area contributed by atoms with Gasteiger partial charge in [0, 0.05) is 10.9 Å². The maximum atomic E-state index is 12.2. The van der Waals surface area contributed by atoms with E-state index in [9.17, 15) is 4.79 Å². The first-order chi connectivity index (χ1) is 9.08. The van der Waals surface area contributed by atoms with Crippen molar-refractivity contribution in [3.63, 3.8) is 0 Å². The van der Waals surface area contributed by atoms with Crippen LogP contribution in [0.15, 0.2) is 36.9 Å². The molecule has 0 atom stereocenters. The van der Waals surface area contributed by atoms with Crippen LogP contribution in [0, 0.1) is 5.92 Å². The molecule has 19 heavy (non-hydrogen) atoms. The summed E-state index contributed by atoms with van der Waals surface area (Å²) >= 11 is 5.85. The lowest BCUT2D eigenvalue weighted by atomic mass is 10.0. The van der Waals surface area contributed by atoms with Crippen molar-refractivity contribution >= 4 is 29.2 Å². The van der Waals surface area contributed by atoms with Crippen LogP contribution in [0.1, 0.15) is 19.4 Å². The van der Waals surface area contributed by atoms with Crippen LogP contribution in [0.2, 0.25) is 5.02 Å². The highest BCUT2D eigenvalue weighted by molar-refractivity contribution is 6.30. The van der Waals surface area contributed by atoms with Gasteiger partial charge in [-0.3, -0.25) is 4.79 Å². The second kappa shape index (κ2) is 5.80. The molecule has 0 aliphatic heterocycles. The van der Waals surface area contributed by atoms with Gasteiger partial charge < -0.3 is 0 Å². The lowest BCUT2D eigenvalue weighted by Crippen LogP contribution is -2.14. The standard InChI is InChI=1S/C14H14ClN3O/c1-10(2)14(19)13(18-9-16-8-17-18)7-11-3-5-12(15)6-4-11/h3-10H,1-2H3/b13-7-. The van der Waals surface area contributed by atoms with E-state index in [0.717, 1.165) is 5.56 Å². The van der Waals surface area contributed by atoms with Gasteiger partial charge in [-0.05, 0) is 23.8 Å². The summed E-state index contributed by atoms with van der Waals surface area (Å²) < 4.78 is 1.48. The third-order valence-corrected chi connectivity index (χ3v) is 2.87. The fourth-order valence-electron chi connectivity index (χ4n) is 1.60. The molecule has 4 nitrogen and oxygen atoms in total. The highest BCUT2D eigenvalue weighted by Crippen LogP contribution is 2.17. The van der Waals surface area contributed by atoms with Crippen molar-refractivity contribution in [2.45, 2.75) is 13.8 Å². The minimum Gasteiger partial charge on any atom is -0.292 e. The van der Waals surface area contributed by atoms with Crippen LogP contribution in [0.3, 0.4) is 0 Å². The molecule has 0 saturated heterocycles. The van der Waals surface area contributed by atoms with E-state index in [1.54, 1.807) is 18.2 Å². The van der Waals surface area contributed by atoms with Crippen LogP contribution < -0.4 is 0 Å². The Morgan fingerprint density at radius 3 is 2.53 bits per heavy atom. The molecule has 0 bridgehead atoms. The minimum absolute atomic E-state index is 0.0143. The van der Waals surface area contributed by atoms with E-state index in [-0.39, 0.29) is 11.7 Å². The maximum Gasteiger partial charge on any atom is 0.183 e. The van der Waals surface area contributed by atoms with E-state index in [4.69, 9.17) is 11.6 Å². The monoisotopic (exact) mass is 275 g/mol. The lowest BCUT2D eigenvalue weighted by Gasteiger charge is -2.09. The molecule has 0 radical (unpaired) electrons. The quantitative estimate of drug-likeness (QED) is 0.805. The zero-order valence-electron chi connectivity index (χ0n) is 10.7. The van der Waals surface area contributed by atoms with Crippen molar-refractivity contribution in [1.29, 1.82) is 0 Å². The molecular weight excluding hydrogens is 262 g/mol. The van der Waals surface area contributed by atoms with Crippen LogP contribution in [-0.2, 0) is 4.79 Å². The van der Waals surface area contributed by atoms with Crippen LogP contribution >= 0.6 is 11.6 Å². The molecule has 98 valence electrons. The van der Waals surface area contributed by atoms with E-state index in [1.165, 1.54) is 17.3 Å². The fourth-order valence-corrected chi connectivity index (χ4v) is 1.72. The van der Waals surface area contributed by atoms with Gasteiger partial charge >= 0.3 is 0 Å². The normalized spacial score (nSPS) is 11.9. The van der Waals surface area contributed by atoms with Crippen molar-refractivity contribution in [3.05, 3.63) is 47.5 Å². The average Bonchev–Trinajstić information content (AvgIpc) is 2.91. The molecule has 2 aromatic rings. The minimum atomic E-state index is -0.109. The molecule has 0 fully saturated rings. The molecule has 1 heterocycles. The Morgan fingerprint density at radius 2 is 2.00 bits per heavy atom. The zero-order chi connectivity index (χ0) is 13.8. The average molecular weight is 276 g/mol. The number of benzene rings is 1. The predicted molar refractivity (Wildman–Crippen MR) is 75.5 cm³/mol. The first kappa shape index (κ1) is 13.5. The number of Topliss-reactive ketones (excluding diaryl/α,β-unsaturated/α-hetero) is 1. The SMILES string of the molecule is CC(C)C(=O)/C(=C/c1ccc(Cl)cc1)n1cncn1. The number of hydrogen-bond donors (Lipinski definition) is 0. The molecule has 0 N–H and O–H groups in total. The Labute approximate surface area is 116 Å². The third kappa shape index (κ3) is 3.29. The molecule has 0 aliphatic rings. The van der Waals surface area contributed by atoms with Crippen LogP contribution in [0.4, 0.5) is 0 Å². The van der Waals surface area contributed by atoms with E-state index < -0.39 is 0 Å². The van der Waals surface area contributed by atoms with Gasteiger partial charge in [0.2, 0.25) is 0 Å². The van der Waals surface area contributed by atoms with Crippen LogP contribution in [0.5, 0.6) is 0 Å². The molecule has 0 amide bonds. The van der Waals surface area contributed by atoms with Gasteiger partial charge in [-0.15, -0.1) is 0 Å². The van der Waals surface area contributed by atoms with E-state index >= 15 is 0 Å². The van der Waals surface area contributed by atoms with Crippen LogP contribution in [-0.4, -0.2) is 20.5 Å². The molecular formula is C14H14ClN3O. The molecule has 0 saturated carbocycles. The van der Waals surface area contributed by atoms with Gasteiger partial charge in [0.1, 0.15) is 18.4 Å². The molecule has 2 rings (SSSR count). The van der Waals surface area contributed by atoms with E-state index in [1.807, 2.05) is 26.0 Å². The summed E-state index contributed by atoms with van der Waals surface area (Å²) in [5.41, 5.74) is 1.39. The topological polar surface area (TPSA) is 47.8 Å². The second-order valence-corrected chi connectivity index (χ2v) is 4.88. The Bertz CT molecular complexity index is 586. The molecule has 0 aliphatic carbocycles. The number of halogens is 1. The summed E-state index contributed by atoms with van der Waals surface area (Å²) in [6, 6.07) is 7.28. The molecule has 0 unspecified atom stereocenters.